The third-order valence-corrected chi connectivity index (χ3v) is 3.47. The van der Waals surface area contributed by atoms with Crippen LogP contribution in [-0.2, 0) is 13.1 Å². The molecule has 3 heteroatoms. The standard InChI is InChI=1S/C17H17NO2/c1-12-16(15-4-2-3-5-17(15)20-12)11-18-10-13-6-8-14(19)9-7-13/h2-9,18-19H,10-11H2,1H3. The molecule has 2 N–H and O–H groups in total. The van der Waals surface area contributed by atoms with Gasteiger partial charge in [-0.05, 0) is 30.7 Å². The predicted molar refractivity (Wildman–Crippen MR) is 79.6 cm³/mol. The number of phenols is 1. The van der Waals surface area contributed by atoms with Gasteiger partial charge in [0.2, 0.25) is 0 Å². The van der Waals surface area contributed by atoms with Crippen molar-refractivity contribution in [3.8, 4) is 5.75 Å². The highest BCUT2D eigenvalue weighted by Crippen LogP contribution is 2.25. The second kappa shape index (κ2) is 5.39. The van der Waals surface area contributed by atoms with Gasteiger partial charge in [-0.1, -0.05) is 30.3 Å². The smallest absolute Gasteiger partial charge is 0.134 e. The maximum atomic E-state index is 9.25. The molecule has 0 aliphatic carbocycles. The molecule has 0 spiro atoms. The molecule has 3 aromatic rings. The van der Waals surface area contributed by atoms with Crippen LogP contribution in [0, 0.1) is 6.92 Å². The molecule has 20 heavy (non-hydrogen) atoms. The molecule has 0 fully saturated rings. The van der Waals surface area contributed by atoms with Gasteiger partial charge >= 0.3 is 0 Å². The molecule has 0 unspecified atom stereocenters. The van der Waals surface area contributed by atoms with Gasteiger partial charge in [0.25, 0.3) is 0 Å². The molecule has 0 aliphatic heterocycles. The fourth-order valence-corrected chi connectivity index (χ4v) is 2.39. The Bertz CT molecular complexity index is 713. The molecule has 0 amide bonds. The van der Waals surface area contributed by atoms with Crippen molar-refractivity contribution in [2.75, 3.05) is 0 Å². The summed E-state index contributed by atoms with van der Waals surface area (Å²) in [6, 6.07) is 15.3. The van der Waals surface area contributed by atoms with E-state index in [-0.39, 0.29) is 0 Å². The fourth-order valence-electron chi connectivity index (χ4n) is 2.39. The van der Waals surface area contributed by atoms with E-state index in [2.05, 4.69) is 11.4 Å². The zero-order valence-corrected chi connectivity index (χ0v) is 11.4. The fraction of sp³-hybridized carbons (Fsp3) is 0.176. The lowest BCUT2D eigenvalue weighted by Crippen LogP contribution is -2.12. The van der Waals surface area contributed by atoms with Crippen LogP contribution in [0.1, 0.15) is 16.9 Å². The Balaban J connectivity index is 1.71. The Hall–Kier alpha value is -2.26. The Morgan fingerprint density at radius 3 is 2.55 bits per heavy atom. The van der Waals surface area contributed by atoms with Gasteiger partial charge in [-0.2, -0.15) is 0 Å². The van der Waals surface area contributed by atoms with Crippen LogP contribution in [0.5, 0.6) is 5.75 Å². The number of hydrogen-bond acceptors (Lipinski definition) is 3. The lowest BCUT2D eigenvalue weighted by molar-refractivity contribution is 0.475. The Morgan fingerprint density at radius 2 is 1.75 bits per heavy atom. The van der Waals surface area contributed by atoms with Gasteiger partial charge in [0.1, 0.15) is 17.1 Å². The number of para-hydroxylation sites is 1. The van der Waals surface area contributed by atoms with Gasteiger partial charge < -0.3 is 14.8 Å². The second-order valence-electron chi connectivity index (χ2n) is 4.90. The number of rotatable bonds is 4. The quantitative estimate of drug-likeness (QED) is 0.757. The number of fused-ring (bicyclic) bond motifs is 1. The first-order valence-corrected chi connectivity index (χ1v) is 6.69. The van der Waals surface area contributed by atoms with Gasteiger partial charge in [-0.25, -0.2) is 0 Å². The van der Waals surface area contributed by atoms with Gasteiger partial charge in [0.05, 0.1) is 0 Å². The van der Waals surface area contributed by atoms with Crippen molar-refractivity contribution in [2.45, 2.75) is 20.0 Å². The van der Waals surface area contributed by atoms with Gasteiger partial charge in [-0.15, -0.1) is 0 Å². The van der Waals surface area contributed by atoms with Gasteiger partial charge in [0, 0.05) is 24.0 Å². The van der Waals surface area contributed by atoms with Crippen LogP contribution in [0.15, 0.2) is 52.9 Å². The predicted octanol–water partition coefficient (Wildman–Crippen LogP) is 3.74. The molecule has 2 aromatic carbocycles. The van der Waals surface area contributed by atoms with E-state index in [9.17, 15) is 5.11 Å². The Labute approximate surface area is 117 Å². The van der Waals surface area contributed by atoms with E-state index in [4.69, 9.17) is 4.42 Å². The zero-order valence-electron chi connectivity index (χ0n) is 11.4. The summed E-state index contributed by atoms with van der Waals surface area (Å²) in [5.74, 6) is 1.26. The van der Waals surface area contributed by atoms with Gasteiger partial charge in [-0.3, -0.25) is 0 Å². The van der Waals surface area contributed by atoms with Crippen LogP contribution in [0.4, 0.5) is 0 Å². The van der Waals surface area contributed by atoms with E-state index in [0.717, 1.165) is 30.0 Å². The molecule has 1 aromatic heterocycles. The number of aromatic hydroxyl groups is 1. The van der Waals surface area contributed by atoms with Crippen molar-refractivity contribution in [3.05, 3.63) is 65.4 Å². The summed E-state index contributed by atoms with van der Waals surface area (Å²) in [6.45, 7) is 3.53. The van der Waals surface area contributed by atoms with Crippen molar-refractivity contribution in [1.82, 2.24) is 5.32 Å². The lowest BCUT2D eigenvalue weighted by Gasteiger charge is -2.05. The maximum Gasteiger partial charge on any atom is 0.134 e. The normalized spacial score (nSPS) is 11.1. The van der Waals surface area contributed by atoms with Crippen molar-refractivity contribution in [2.24, 2.45) is 0 Å². The molecule has 1 heterocycles. The molecule has 0 saturated heterocycles. The zero-order chi connectivity index (χ0) is 13.9. The minimum Gasteiger partial charge on any atom is -0.508 e. The van der Waals surface area contributed by atoms with Crippen LogP contribution in [-0.4, -0.2) is 5.11 Å². The van der Waals surface area contributed by atoms with Gasteiger partial charge in [0.15, 0.2) is 0 Å². The van der Waals surface area contributed by atoms with E-state index >= 15 is 0 Å². The van der Waals surface area contributed by atoms with E-state index in [1.54, 1.807) is 12.1 Å². The number of nitrogens with one attached hydrogen (secondary N) is 1. The molecule has 3 nitrogen and oxygen atoms in total. The number of aryl methyl sites for hydroxylation is 1. The third-order valence-electron chi connectivity index (χ3n) is 3.47. The van der Waals surface area contributed by atoms with Crippen LogP contribution < -0.4 is 5.32 Å². The molecule has 0 bridgehead atoms. The third kappa shape index (κ3) is 2.53. The monoisotopic (exact) mass is 267 g/mol. The number of hydrogen-bond donors (Lipinski definition) is 2. The first kappa shape index (κ1) is 12.8. The molecule has 0 saturated carbocycles. The highest BCUT2D eigenvalue weighted by Gasteiger charge is 2.09. The van der Waals surface area contributed by atoms with Crippen molar-refractivity contribution in [3.63, 3.8) is 0 Å². The molecule has 0 atom stereocenters. The molecule has 0 aliphatic rings. The first-order chi connectivity index (χ1) is 9.74. The second-order valence-corrected chi connectivity index (χ2v) is 4.90. The largest absolute Gasteiger partial charge is 0.508 e. The van der Waals surface area contributed by atoms with Crippen LogP contribution in [0.2, 0.25) is 0 Å². The lowest BCUT2D eigenvalue weighted by atomic mass is 10.1. The summed E-state index contributed by atoms with van der Waals surface area (Å²) in [7, 11) is 0. The summed E-state index contributed by atoms with van der Waals surface area (Å²) < 4.78 is 5.74. The summed E-state index contributed by atoms with van der Waals surface area (Å²) in [6.07, 6.45) is 0. The molecular formula is C17H17NO2. The average molecular weight is 267 g/mol. The van der Waals surface area contributed by atoms with Crippen molar-refractivity contribution in [1.29, 1.82) is 0 Å². The molecule has 0 radical (unpaired) electrons. The first-order valence-electron chi connectivity index (χ1n) is 6.69. The molecule has 102 valence electrons. The minimum absolute atomic E-state index is 0.297. The number of benzene rings is 2. The van der Waals surface area contributed by atoms with Crippen molar-refractivity contribution >= 4 is 11.0 Å². The topological polar surface area (TPSA) is 45.4 Å². The summed E-state index contributed by atoms with van der Waals surface area (Å²) in [5, 5.41) is 13.8. The van der Waals surface area contributed by atoms with Crippen LogP contribution >= 0.6 is 0 Å². The highest BCUT2D eigenvalue weighted by molar-refractivity contribution is 5.82. The average Bonchev–Trinajstić information content (AvgIpc) is 2.77. The minimum atomic E-state index is 0.297. The Kier molecular flexibility index (Phi) is 3.44. The Morgan fingerprint density at radius 1 is 1.00 bits per heavy atom. The number of phenolic OH excluding ortho intramolecular Hbond substituents is 1. The van der Waals surface area contributed by atoms with E-state index in [1.807, 2.05) is 37.3 Å². The van der Waals surface area contributed by atoms with Crippen LogP contribution in [0.3, 0.4) is 0 Å². The van der Waals surface area contributed by atoms with Crippen LogP contribution in [0.25, 0.3) is 11.0 Å². The SMILES string of the molecule is Cc1oc2ccccc2c1CNCc1ccc(O)cc1. The van der Waals surface area contributed by atoms with E-state index in [0.29, 0.717) is 5.75 Å². The summed E-state index contributed by atoms with van der Waals surface area (Å²) in [5.41, 5.74) is 3.29. The van der Waals surface area contributed by atoms with E-state index < -0.39 is 0 Å². The molecule has 3 rings (SSSR count). The summed E-state index contributed by atoms with van der Waals surface area (Å²) >= 11 is 0. The summed E-state index contributed by atoms with van der Waals surface area (Å²) in [4.78, 5) is 0. The highest BCUT2D eigenvalue weighted by atomic mass is 16.3. The van der Waals surface area contributed by atoms with Crippen molar-refractivity contribution < 1.29 is 9.52 Å². The van der Waals surface area contributed by atoms with E-state index in [1.165, 1.54) is 10.9 Å². The number of furan rings is 1. The maximum absolute atomic E-state index is 9.25. The molecular weight excluding hydrogens is 250 g/mol.